The van der Waals surface area contributed by atoms with Crippen molar-refractivity contribution in [3.8, 4) is 0 Å². The summed E-state index contributed by atoms with van der Waals surface area (Å²) in [6, 6.07) is 18.1. The van der Waals surface area contributed by atoms with E-state index in [1.54, 1.807) is 17.1 Å². The normalized spacial score (nSPS) is 12.3. The summed E-state index contributed by atoms with van der Waals surface area (Å²) in [6.45, 7) is 2.01. The first kappa shape index (κ1) is 15.0. The van der Waals surface area contributed by atoms with Gasteiger partial charge in [-0.25, -0.2) is 0 Å². The van der Waals surface area contributed by atoms with Gasteiger partial charge in [-0.2, -0.15) is 9.62 Å². The molecule has 0 aliphatic rings. The summed E-state index contributed by atoms with van der Waals surface area (Å²) in [5.74, 6) is 0.659. The van der Waals surface area contributed by atoms with Crippen molar-refractivity contribution in [3.63, 3.8) is 0 Å². The van der Waals surface area contributed by atoms with E-state index in [9.17, 15) is 0 Å². The summed E-state index contributed by atoms with van der Waals surface area (Å²) in [5, 5.41) is 18.8. The van der Waals surface area contributed by atoms with Crippen LogP contribution in [0, 0.1) is 0 Å². The van der Waals surface area contributed by atoms with Crippen LogP contribution >= 0.6 is 0 Å². The Morgan fingerprint density at radius 3 is 2.64 bits per heavy atom. The highest BCUT2D eigenvalue weighted by Crippen LogP contribution is 2.23. The molecular weight excluding hydrogens is 312 g/mol. The third kappa shape index (κ3) is 3.10. The van der Waals surface area contributed by atoms with Gasteiger partial charge in [0.05, 0.1) is 6.21 Å². The molecule has 0 saturated carbocycles. The van der Waals surface area contributed by atoms with Gasteiger partial charge in [0, 0.05) is 10.8 Å². The standard InChI is InChI=1S/C19H16N6/c1-14(11-15-7-3-2-4-8-15)12-20-22-18-16-9-5-6-10-17(16)19-23-21-13-25(19)24-18/h2-13H,1H3,(H,22,24)/b14-11+,20-12-. The number of benzene rings is 2. The van der Waals surface area contributed by atoms with E-state index in [0.29, 0.717) is 5.82 Å². The van der Waals surface area contributed by atoms with Crippen molar-refractivity contribution in [2.75, 3.05) is 5.43 Å². The number of fused-ring (bicyclic) bond motifs is 3. The highest BCUT2D eigenvalue weighted by Gasteiger charge is 2.08. The fraction of sp³-hybridized carbons (Fsp3) is 0.0526. The molecule has 0 fully saturated rings. The summed E-state index contributed by atoms with van der Waals surface area (Å²) in [4.78, 5) is 0. The van der Waals surface area contributed by atoms with E-state index in [2.05, 4.69) is 44.0 Å². The van der Waals surface area contributed by atoms with E-state index in [1.807, 2.05) is 49.4 Å². The van der Waals surface area contributed by atoms with Crippen LogP contribution in [-0.4, -0.2) is 26.0 Å². The highest BCUT2D eigenvalue weighted by atomic mass is 15.4. The number of hydrazone groups is 1. The fourth-order valence-electron chi connectivity index (χ4n) is 2.65. The van der Waals surface area contributed by atoms with Crippen LogP contribution in [0.4, 0.5) is 5.82 Å². The maximum absolute atomic E-state index is 4.49. The van der Waals surface area contributed by atoms with Gasteiger partial charge in [0.1, 0.15) is 6.33 Å². The molecule has 0 radical (unpaired) electrons. The van der Waals surface area contributed by atoms with Gasteiger partial charge in [-0.1, -0.05) is 60.7 Å². The zero-order valence-electron chi connectivity index (χ0n) is 13.7. The molecule has 0 unspecified atom stereocenters. The molecule has 0 aliphatic carbocycles. The number of nitrogens with zero attached hydrogens (tertiary/aromatic N) is 5. The maximum Gasteiger partial charge on any atom is 0.185 e. The Morgan fingerprint density at radius 1 is 1.04 bits per heavy atom. The molecule has 0 atom stereocenters. The zero-order chi connectivity index (χ0) is 17.1. The van der Waals surface area contributed by atoms with Gasteiger partial charge in [-0.3, -0.25) is 5.43 Å². The van der Waals surface area contributed by atoms with Gasteiger partial charge < -0.3 is 0 Å². The van der Waals surface area contributed by atoms with E-state index in [1.165, 1.54) is 0 Å². The molecule has 0 aliphatic heterocycles. The minimum absolute atomic E-state index is 0.659. The number of hydrogen-bond acceptors (Lipinski definition) is 5. The molecule has 0 saturated heterocycles. The lowest BCUT2D eigenvalue weighted by Gasteiger charge is -2.05. The second-order valence-electron chi connectivity index (χ2n) is 5.66. The average Bonchev–Trinajstić information content (AvgIpc) is 3.11. The zero-order valence-corrected chi connectivity index (χ0v) is 13.7. The number of aromatic nitrogens is 4. The lowest BCUT2D eigenvalue weighted by molar-refractivity contribution is 0.934. The summed E-state index contributed by atoms with van der Waals surface area (Å²) >= 11 is 0. The first-order chi connectivity index (χ1) is 12.3. The van der Waals surface area contributed by atoms with Gasteiger partial charge in [0.2, 0.25) is 0 Å². The molecule has 1 N–H and O–H groups in total. The number of rotatable bonds is 4. The Morgan fingerprint density at radius 2 is 1.80 bits per heavy atom. The predicted molar refractivity (Wildman–Crippen MR) is 100 cm³/mol. The molecule has 6 nitrogen and oxygen atoms in total. The van der Waals surface area contributed by atoms with E-state index in [4.69, 9.17) is 0 Å². The van der Waals surface area contributed by atoms with Crippen molar-refractivity contribution < 1.29 is 0 Å². The first-order valence-electron chi connectivity index (χ1n) is 7.92. The maximum atomic E-state index is 4.49. The number of allylic oxidation sites excluding steroid dienone is 1. The van der Waals surface area contributed by atoms with Crippen LogP contribution in [0.3, 0.4) is 0 Å². The SMILES string of the molecule is CC(/C=N\Nc1nn2cnnc2c2ccccc12)=C\c1ccccc1. The molecule has 6 heteroatoms. The predicted octanol–water partition coefficient (Wildman–Crippen LogP) is 3.78. The summed E-state index contributed by atoms with van der Waals surface area (Å²) in [6.07, 6.45) is 5.43. The van der Waals surface area contributed by atoms with Crippen molar-refractivity contribution in [2.45, 2.75) is 6.92 Å². The van der Waals surface area contributed by atoms with Crippen LogP contribution in [0.25, 0.3) is 22.5 Å². The third-order valence-corrected chi connectivity index (χ3v) is 3.79. The first-order valence-corrected chi connectivity index (χ1v) is 7.92. The molecule has 25 heavy (non-hydrogen) atoms. The molecule has 0 bridgehead atoms. The van der Waals surface area contributed by atoms with Gasteiger partial charge in [-0.15, -0.1) is 15.3 Å². The van der Waals surface area contributed by atoms with Crippen molar-refractivity contribution >= 4 is 34.5 Å². The minimum atomic E-state index is 0.659. The van der Waals surface area contributed by atoms with Crippen molar-refractivity contribution in [2.24, 2.45) is 5.10 Å². The topological polar surface area (TPSA) is 67.5 Å². The number of hydrogen-bond donors (Lipinski definition) is 1. The van der Waals surface area contributed by atoms with Crippen molar-refractivity contribution in [1.29, 1.82) is 0 Å². The second-order valence-corrected chi connectivity index (χ2v) is 5.66. The van der Waals surface area contributed by atoms with Crippen LogP contribution < -0.4 is 5.43 Å². The summed E-state index contributed by atoms with van der Waals surface area (Å²) < 4.78 is 1.65. The van der Waals surface area contributed by atoms with Gasteiger partial charge >= 0.3 is 0 Å². The smallest absolute Gasteiger partial charge is 0.185 e. The Labute approximate surface area is 144 Å². The van der Waals surface area contributed by atoms with Crippen LogP contribution in [0.15, 0.2) is 71.6 Å². The molecule has 0 amide bonds. The fourth-order valence-corrected chi connectivity index (χ4v) is 2.65. The van der Waals surface area contributed by atoms with E-state index in [-0.39, 0.29) is 0 Å². The van der Waals surface area contributed by atoms with Crippen LogP contribution in [0.1, 0.15) is 12.5 Å². The van der Waals surface area contributed by atoms with Crippen molar-refractivity contribution in [1.82, 2.24) is 19.8 Å². The lowest BCUT2D eigenvalue weighted by Crippen LogP contribution is -2.00. The van der Waals surface area contributed by atoms with Gasteiger partial charge in [-0.05, 0) is 18.1 Å². The number of anilines is 1. The molecular formula is C19H16N6. The average molecular weight is 328 g/mol. The molecule has 122 valence electrons. The van der Waals surface area contributed by atoms with Crippen LogP contribution in [0.5, 0.6) is 0 Å². The largest absolute Gasteiger partial charge is 0.259 e. The molecule has 0 spiro atoms. The Kier molecular flexibility index (Phi) is 3.92. The van der Waals surface area contributed by atoms with Crippen LogP contribution in [-0.2, 0) is 0 Å². The molecule has 2 aromatic carbocycles. The number of nitrogens with one attached hydrogen (secondary N) is 1. The quantitative estimate of drug-likeness (QED) is 0.457. The Bertz CT molecular complexity index is 1080. The van der Waals surface area contributed by atoms with E-state index >= 15 is 0 Å². The highest BCUT2D eigenvalue weighted by molar-refractivity contribution is 6.00. The Balaban J connectivity index is 1.63. The molecule has 2 aromatic heterocycles. The summed E-state index contributed by atoms with van der Waals surface area (Å²) in [5.41, 5.74) is 5.93. The lowest BCUT2D eigenvalue weighted by atomic mass is 10.1. The van der Waals surface area contributed by atoms with Gasteiger partial charge in [0.25, 0.3) is 0 Å². The molecule has 4 aromatic rings. The summed E-state index contributed by atoms with van der Waals surface area (Å²) in [7, 11) is 0. The Hall–Kier alpha value is -3.54. The van der Waals surface area contributed by atoms with E-state index in [0.717, 1.165) is 27.6 Å². The van der Waals surface area contributed by atoms with Crippen molar-refractivity contribution in [3.05, 3.63) is 72.1 Å². The monoisotopic (exact) mass is 328 g/mol. The molecule has 2 heterocycles. The minimum Gasteiger partial charge on any atom is -0.259 e. The van der Waals surface area contributed by atoms with Gasteiger partial charge in [0.15, 0.2) is 11.5 Å². The van der Waals surface area contributed by atoms with Crippen LogP contribution in [0.2, 0.25) is 0 Å². The second kappa shape index (κ2) is 6.52. The third-order valence-electron chi connectivity index (χ3n) is 3.79. The van der Waals surface area contributed by atoms with E-state index < -0.39 is 0 Å². The molecule has 4 rings (SSSR count).